The number of methoxy groups -OCH3 is 3. The fourth-order valence-electron chi connectivity index (χ4n) is 4.50. The van der Waals surface area contributed by atoms with Gasteiger partial charge in [0.15, 0.2) is 17.3 Å². The third-order valence-corrected chi connectivity index (χ3v) is 6.16. The van der Waals surface area contributed by atoms with E-state index in [0.29, 0.717) is 41.5 Å². The number of ketones is 1. The summed E-state index contributed by atoms with van der Waals surface area (Å²) in [5.41, 5.74) is 3.38. The molecule has 2 aliphatic rings. The highest BCUT2D eigenvalue weighted by Crippen LogP contribution is 2.44. The minimum Gasteiger partial charge on any atom is -0.497 e. The molecule has 33 heavy (non-hydrogen) atoms. The average molecular weight is 448 g/mol. The fourth-order valence-corrected chi connectivity index (χ4v) is 4.50. The summed E-state index contributed by atoms with van der Waals surface area (Å²) < 4.78 is 21.1. The predicted octanol–water partition coefficient (Wildman–Crippen LogP) is 4.07. The molecule has 2 N–H and O–H groups in total. The zero-order valence-electron chi connectivity index (χ0n) is 18.5. The van der Waals surface area contributed by atoms with Crippen LogP contribution in [0.4, 0.5) is 11.6 Å². The normalized spacial score (nSPS) is 19.5. The molecule has 0 bridgehead atoms. The third kappa shape index (κ3) is 3.75. The maximum absolute atomic E-state index is 13.5. The molecule has 1 aliphatic carbocycles. The molecule has 0 saturated heterocycles. The Balaban J connectivity index is 1.57. The van der Waals surface area contributed by atoms with Crippen LogP contribution in [0.15, 0.2) is 58.4 Å². The molecule has 0 saturated carbocycles. The molecule has 2 atom stereocenters. The number of hydrogen-bond acceptors (Lipinski definition) is 9. The summed E-state index contributed by atoms with van der Waals surface area (Å²) in [5.74, 6) is 2.95. The number of benzene rings is 2. The summed E-state index contributed by atoms with van der Waals surface area (Å²) in [5, 5.41) is 14.6. The number of carbonyl (C=O) groups excluding carboxylic acids is 1. The summed E-state index contributed by atoms with van der Waals surface area (Å²) >= 11 is 0. The second-order valence-electron chi connectivity index (χ2n) is 7.97. The number of fused-ring (bicyclic) bond motifs is 1. The molecule has 9 heteroatoms. The first-order chi connectivity index (χ1) is 16.1. The molecule has 2 heterocycles. The maximum atomic E-state index is 13.5. The van der Waals surface area contributed by atoms with Gasteiger partial charge in [0.1, 0.15) is 5.75 Å². The van der Waals surface area contributed by atoms with Crippen molar-refractivity contribution >= 4 is 17.4 Å². The number of hydrogen-bond donors (Lipinski definition) is 2. The molecule has 1 aromatic heterocycles. The van der Waals surface area contributed by atoms with E-state index in [9.17, 15) is 4.79 Å². The summed E-state index contributed by atoms with van der Waals surface area (Å²) in [6.45, 7) is 0. The summed E-state index contributed by atoms with van der Waals surface area (Å²) in [4.78, 5) is 13.5. The first-order valence-corrected chi connectivity index (χ1v) is 10.6. The molecular weight excluding hydrogens is 424 g/mol. The van der Waals surface area contributed by atoms with E-state index >= 15 is 0 Å². The molecule has 3 aromatic rings. The Kier molecular flexibility index (Phi) is 5.37. The van der Waals surface area contributed by atoms with Crippen LogP contribution in [0, 0.1) is 0 Å². The number of allylic oxidation sites excluding steroid dienone is 1. The van der Waals surface area contributed by atoms with Gasteiger partial charge in [-0.2, -0.15) is 0 Å². The van der Waals surface area contributed by atoms with Gasteiger partial charge in [-0.1, -0.05) is 18.2 Å². The number of nitrogens with one attached hydrogen (secondary N) is 2. The highest BCUT2D eigenvalue weighted by Gasteiger charge is 2.37. The molecule has 0 spiro atoms. The van der Waals surface area contributed by atoms with Crippen molar-refractivity contribution < 1.29 is 23.6 Å². The minimum atomic E-state index is -0.454. The zero-order chi connectivity index (χ0) is 22.9. The van der Waals surface area contributed by atoms with Crippen LogP contribution < -0.4 is 24.8 Å². The number of anilines is 2. The van der Waals surface area contributed by atoms with Crippen molar-refractivity contribution in [2.45, 2.75) is 24.8 Å². The van der Waals surface area contributed by atoms with Crippen molar-refractivity contribution in [3.8, 4) is 17.2 Å². The van der Waals surface area contributed by atoms with E-state index in [4.69, 9.17) is 18.8 Å². The number of rotatable bonds is 5. The summed E-state index contributed by atoms with van der Waals surface area (Å²) in [6, 6.07) is 13.0. The van der Waals surface area contributed by atoms with Gasteiger partial charge in [0.2, 0.25) is 11.6 Å². The van der Waals surface area contributed by atoms with E-state index in [1.165, 1.54) is 0 Å². The first-order valence-electron chi connectivity index (χ1n) is 10.6. The Hall–Kier alpha value is -4.01. The van der Waals surface area contributed by atoms with Crippen molar-refractivity contribution in [1.82, 2.24) is 10.3 Å². The number of aromatic nitrogens is 2. The van der Waals surface area contributed by atoms with Crippen LogP contribution in [0.3, 0.4) is 0 Å². The quantitative estimate of drug-likeness (QED) is 0.597. The van der Waals surface area contributed by atoms with Crippen LogP contribution in [0.25, 0.3) is 0 Å². The van der Waals surface area contributed by atoms with Crippen molar-refractivity contribution in [3.05, 3.63) is 64.9 Å². The molecule has 0 fully saturated rings. The first kappa shape index (κ1) is 20.9. The van der Waals surface area contributed by atoms with Gasteiger partial charge in [0.25, 0.3) is 0 Å². The topological polar surface area (TPSA) is 108 Å². The van der Waals surface area contributed by atoms with Crippen LogP contribution >= 0.6 is 0 Å². The van der Waals surface area contributed by atoms with Gasteiger partial charge in [-0.05, 0) is 58.0 Å². The van der Waals surface area contributed by atoms with E-state index in [-0.39, 0.29) is 11.7 Å². The van der Waals surface area contributed by atoms with Crippen LogP contribution in [0.2, 0.25) is 0 Å². The molecule has 0 radical (unpaired) electrons. The highest BCUT2D eigenvalue weighted by atomic mass is 16.6. The maximum Gasteiger partial charge on any atom is 0.219 e. The van der Waals surface area contributed by atoms with Gasteiger partial charge in [-0.25, -0.2) is 4.63 Å². The summed E-state index contributed by atoms with van der Waals surface area (Å²) in [7, 11) is 4.80. The minimum absolute atomic E-state index is 0.0297. The Morgan fingerprint density at radius 2 is 1.61 bits per heavy atom. The van der Waals surface area contributed by atoms with Crippen molar-refractivity contribution in [2.24, 2.45) is 0 Å². The van der Waals surface area contributed by atoms with Gasteiger partial charge in [-0.3, -0.25) is 4.79 Å². The van der Waals surface area contributed by atoms with E-state index in [1.54, 1.807) is 21.3 Å². The van der Waals surface area contributed by atoms with E-state index < -0.39 is 6.04 Å². The lowest BCUT2D eigenvalue weighted by molar-refractivity contribution is -0.116. The third-order valence-electron chi connectivity index (χ3n) is 6.16. The van der Waals surface area contributed by atoms with Gasteiger partial charge in [0.05, 0.1) is 27.4 Å². The molecule has 170 valence electrons. The van der Waals surface area contributed by atoms with Gasteiger partial charge >= 0.3 is 0 Å². The van der Waals surface area contributed by atoms with Crippen molar-refractivity contribution in [2.75, 3.05) is 32.0 Å². The lowest BCUT2D eigenvalue weighted by Crippen LogP contribution is -2.27. The van der Waals surface area contributed by atoms with Crippen LogP contribution in [0.1, 0.15) is 35.9 Å². The highest BCUT2D eigenvalue weighted by molar-refractivity contribution is 6.00. The molecule has 5 rings (SSSR count). The molecule has 2 unspecified atom stereocenters. The second kappa shape index (κ2) is 8.50. The Morgan fingerprint density at radius 3 is 2.33 bits per heavy atom. The lowest BCUT2D eigenvalue weighted by atomic mass is 9.78. The monoisotopic (exact) mass is 448 g/mol. The largest absolute Gasteiger partial charge is 0.497 e. The van der Waals surface area contributed by atoms with Crippen molar-refractivity contribution in [1.29, 1.82) is 0 Å². The molecule has 2 aromatic carbocycles. The van der Waals surface area contributed by atoms with E-state index in [0.717, 1.165) is 22.6 Å². The standard InChI is InChI=1S/C24H24N4O5/c1-30-16-7-4-13(5-8-16)15-10-17-21(18(29)11-15)22(26-24-23(25-17)27-33-28-24)14-6-9-19(31-2)20(12-14)32-3/h4-9,12,15,22H,10-11H2,1-3H3,(H,25,27)(H,26,28). The smallest absolute Gasteiger partial charge is 0.219 e. The van der Waals surface area contributed by atoms with Gasteiger partial charge in [0, 0.05) is 17.7 Å². The number of carbonyl (C=O) groups is 1. The summed E-state index contributed by atoms with van der Waals surface area (Å²) in [6.07, 6.45) is 1.04. The predicted molar refractivity (Wildman–Crippen MR) is 121 cm³/mol. The molecule has 9 nitrogen and oxygen atoms in total. The van der Waals surface area contributed by atoms with Crippen LogP contribution in [-0.2, 0) is 4.79 Å². The number of ether oxygens (including phenoxy) is 3. The van der Waals surface area contributed by atoms with E-state index in [1.807, 2.05) is 42.5 Å². The van der Waals surface area contributed by atoms with E-state index in [2.05, 4.69) is 20.9 Å². The molecular formula is C24H24N4O5. The fraction of sp³-hybridized carbons (Fsp3) is 0.292. The Labute approximate surface area is 190 Å². The zero-order valence-corrected chi connectivity index (χ0v) is 18.5. The average Bonchev–Trinajstić information content (AvgIpc) is 3.22. The lowest BCUT2D eigenvalue weighted by Gasteiger charge is -2.30. The van der Waals surface area contributed by atoms with Crippen LogP contribution in [-0.4, -0.2) is 37.4 Å². The SMILES string of the molecule is COc1ccc(C2CC(=O)C3=C(C2)Nc2nonc2NC3c2ccc(OC)c(OC)c2)cc1. The second-order valence-corrected chi connectivity index (χ2v) is 7.97. The Bertz CT molecular complexity index is 1220. The van der Waals surface area contributed by atoms with Crippen LogP contribution in [0.5, 0.6) is 17.2 Å². The van der Waals surface area contributed by atoms with Gasteiger partial charge < -0.3 is 24.8 Å². The van der Waals surface area contributed by atoms with Gasteiger partial charge in [-0.15, -0.1) is 0 Å². The Morgan fingerprint density at radius 1 is 0.879 bits per heavy atom. The van der Waals surface area contributed by atoms with Crippen molar-refractivity contribution in [3.63, 3.8) is 0 Å². The number of nitrogens with zero attached hydrogens (tertiary/aromatic N) is 2. The molecule has 0 amide bonds. The number of Topliss-reactive ketones (excluding diaryl/α,β-unsaturated/α-hetero) is 1. The molecule has 1 aliphatic heterocycles.